The highest BCUT2D eigenvalue weighted by Gasteiger charge is 2.23. The summed E-state index contributed by atoms with van der Waals surface area (Å²) < 4.78 is 29.7. The van der Waals surface area contributed by atoms with Gasteiger partial charge in [0.15, 0.2) is 0 Å². The molecule has 0 radical (unpaired) electrons. The predicted octanol–water partition coefficient (Wildman–Crippen LogP) is 2.66. The zero-order valence-corrected chi connectivity index (χ0v) is 15.3. The van der Waals surface area contributed by atoms with Gasteiger partial charge in [0.1, 0.15) is 5.84 Å². The standard InChI is InChI=1S/C18H27N3O2S/c1-16-7-9-17(10-8-16)24(22,23)19-18(21-13-5-6-14-21)15-20-11-3-2-4-12-20/h7-10H,2-6,11-15H2,1H3. The van der Waals surface area contributed by atoms with Crippen LogP contribution >= 0.6 is 0 Å². The topological polar surface area (TPSA) is 53.0 Å². The summed E-state index contributed by atoms with van der Waals surface area (Å²) in [4.78, 5) is 4.77. The Bertz CT molecular complexity index is 671. The van der Waals surface area contributed by atoms with E-state index in [9.17, 15) is 8.42 Å². The lowest BCUT2D eigenvalue weighted by Gasteiger charge is -2.30. The van der Waals surface area contributed by atoms with Gasteiger partial charge in [-0.2, -0.15) is 8.42 Å². The van der Waals surface area contributed by atoms with Crippen molar-refractivity contribution < 1.29 is 8.42 Å². The molecule has 0 spiro atoms. The van der Waals surface area contributed by atoms with Crippen molar-refractivity contribution in [3.63, 3.8) is 0 Å². The highest BCUT2D eigenvalue weighted by Crippen LogP contribution is 2.17. The molecular formula is C18H27N3O2S. The lowest BCUT2D eigenvalue weighted by Crippen LogP contribution is -2.41. The summed E-state index contributed by atoms with van der Waals surface area (Å²) in [6.45, 7) is 6.50. The molecule has 0 amide bonds. The minimum atomic E-state index is -3.64. The quantitative estimate of drug-likeness (QED) is 0.619. The van der Waals surface area contributed by atoms with Crippen LogP contribution < -0.4 is 0 Å². The van der Waals surface area contributed by atoms with Gasteiger partial charge in [-0.3, -0.25) is 4.90 Å². The summed E-state index contributed by atoms with van der Waals surface area (Å²) in [6, 6.07) is 6.94. The average molecular weight is 350 g/mol. The Labute approximate surface area is 145 Å². The first-order chi connectivity index (χ1) is 11.5. The second-order valence-electron chi connectivity index (χ2n) is 6.83. The van der Waals surface area contributed by atoms with Crippen LogP contribution in [0.3, 0.4) is 0 Å². The number of hydrogen-bond acceptors (Lipinski definition) is 3. The van der Waals surface area contributed by atoms with Crippen molar-refractivity contribution in [3.05, 3.63) is 29.8 Å². The van der Waals surface area contributed by atoms with Crippen LogP contribution in [0.25, 0.3) is 0 Å². The Morgan fingerprint density at radius 3 is 2.17 bits per heavy atom. The zero-order chi connectivity index (χ0) is 17.0. The van der Waals surface area contributed by atoms with Crippen LogP contribution in [-0.2, 0) is 10.0 Å². The third-order valence-corrected chi connectivity index (χ3v) is 6.15. The highest BCUT2D eigenvalue weighted by atomic mass is 32.2. The third-order valence-electron chi connectivity index (χ3n) is 4.83. The summed E-state index contributed by atoms with van der Waals surface area (Å²) in [6.07, 6.45) is 5.89. The van der Waals surface area contributed by atoms with Gasteiger partial charge in [0, 0.05) is 13.1 Å². The normalized spacial score (nSPS) is 20.5. The van der Waals surface area contributed by atoms with Gasteiger partial charge in [-0.15, -0.1) is 4.40 Å². The van der Waals surface area contributed by atoms with E-state index in [1.165, 1.54) is 19.3 Å². The van der Waals surface area contributed by atoms with Crippen LogP contribution in [0.2, 0.25) is 0 Å². The number of amidine groups is 1. The molecule has 0 saturated carbocycles. The van der Waals surface area contributed by atoms with E-state index in [2.05, 4.69) is 14.2 Å². The van der Waals surface area contributed by atoms with Gasteiger partial charge >= 0.3 is 0 Å². The number of hydrogen-bond donors (Lipinski definition) is 0. The monoisotopic (exact) mass is 349 g/mol. The van der Waals surface area contributed by atoms with E-state index < -0.39 is 10.0 Å². The summed E-state index contributed by atoms with van der Waals surface area (Å²) in [5.41, 5.74) is 1.05. The molecular weight excluding hydrogens is 322 g/mol. The Morgan fingerprint density at radius 2 is 1.54 bits per heavy atom. The fraction of sp³-hybridized carbons (Fsp3) is 0.611. The van der Waals surface area contributed by atoms with Crippen LogP contribution in [-0.4, -0.2) is 56.8 Å². The molecule has 0 aromatic heterocycles. The highest BCUT2D eigenvalue weighted by molar-refractivity contribution is 7.90. The Kier molecular flexibility index (Phi) is 5.56. The molecule has 0 aliphatic carbocycles. The number of sulfonamides is 1. The lowest BCUT2D eigenvalue weighted by atomic mass is 10.1. The first kappa shape index (κ1) is 17.4. The molecule has 0 N–H and O–H groups in total. The van der Waals surface area contributed by atoms with Crippen LogP contribution in [0.4, 0.5) is 0 Å². The van der Waals surface area contributed by atoms with Crippen LogP contribution in [0.1, 0.15) is 37.7 Å². The number of piperidine rings is 1. The Hall–Kier alpha value is -1.40. The summed E-state index contributed by atoms with van der Waals surface area (Å²) >= 11 is 0. The molecule has 1 aromatic carbocycles. The number of nitrogens with zero attached hydrogens (tertiary/aromatic N) is 3. The number of benzene rings is 1. The lowest BCUT2D eigenvalue weighted by molar-refractivity contribution is 0.251. The molecule has 1 aromatic rings. The zero-order valence-electron chi connectivity index (χ0n) is 14.4. The van der Waals surface area contributed by atoms with Crippen LogP contribution in [0.15, 0.2) is 33.6 Å². The molecule has 2 aliphatic heterocycles. The second-order valence-corrected chi connectivity index (χ2v) is 8.43. The Balaban J connectivity index is 1.85. The van der Waals surface area contributed by atoms with Gasteiger partial charge in [-0.25, -0.2) is 0 Å². The van der Waals surface area contributed by atoms with Crippen molar-refractivity contribution in [2.24, 2.45) is 4.40 Å². The van der Waals surface area contributed by atoms with E-state index in [1.54, 1.807) is 12.1 Å². The summed E-state index contributed by atoms with van der Waals surface area (Å²) in [7, 11) is -3.64. The van der Waals surface area contributed by atoms with E-state index in [1.807, 2.05) is 19.1 Å². The fourth-order valence-electron chi connectivity index (χ4n) is 3.38. The number of aryl methyl sites for hydroxylation is 1. The van der Waals surface area contributed by atoms with Crippen LogP contribution in [0.5, 0.6) is 0 Å². The molecule has 6 heteroatoms. The van der Waals surface area contributed by atoms with Crippen LogP contribution in [0, 0.1) is 6.92 Å². The third kappa shape index (κ3) is 4.36. The van der Waals surface area contributed by atoms with Gasteiger partial charge < -0.3 is 4.90 Å². The molecule has 0 atom stereocenters. The van der Waals surface area contributed by atoms with E-state index >= 15 is 0 Å². The maximum absolute atomic E-state index is 12.7. The number of rotatable bonds is 4. The molecule has 2 heterocycles. The molecule has 5 nitrogen and oxygen atoms in total. The van der Waals surface area contributed by atoms with Gasteiger partial charge in [0.05, 0.1) is 11.4 Å². The van der Waals surface area contributed by atoms with Crippen molar-refractivity contribution in [2.75, 3.05) is 32.7 Å². The van der Waals surface area contributed by atoms with Crippen molar-refractivity contribution in [2.45, 2.75) is 43.9 Å². The molecule has 2 saturated heterocycles. The first-order valence-corrected chi connectivity index (χ1v) is 10.4. The minimum Gasteiger partial charge on any atom is -0.358 e. The van der Waals surface area contributed by atoms with Crippen molar-refractivity contribution >= 4 is 15.9 Å². The van der Waals surface area contributed by atoms with Gasteiger partial charge in [0.25, 0.3) is 10.0 Å². The molecule has 2 fully saturated rings. The second kappa shape index (κ2) is 7.66. The maximum Gasteiger partial charge on any atom is 0.283 e. The molecule has 0 bridgehead atoms. The first-order valence-electron chi connectivity index (χ1n) is 8.92. The molecule has 0 unspecified atom stereocenters. The van der Waals surface area contributed by atoms with Crippen molar-refractivity contribution in [1.82, 2.24) is 9.80 Å². The van der Waals surface area contributed by atoms with E-state index in [4.69, 9.17) is 0 Å². The Morgan fingerprint density at radius 1 is 0.958 bits per heavy atom. The van der Waals surface area contributed by atoms with Gasteiger partial charge in [-0.1, -0.05) is 24.1 Å². The number of likely N-dealkylation sites (tertiary alicyclic amines) is 2. The van der Waals surface area contributed by atoms with Gasteiger partial charge in [-0.05, 0) is 57.8 Å². The predicted molar refractivity (Wildman–Crippen MR) is 96.9 cm³/mol. The largest absolute Gasteiger partial charge is 0.358 e. The fourth-order valence-corrected chi connectivity index (χ4v) is 4.42. The average Bonchev–Trinajstić information content (AvgIpc) is 3.10. The van der Waals surface area contributed by atoms with Crippen molar-refractivity contribution in [3.8, 4) is 0 Å². The molecule has 24 heavy (non-hydrogen) atoms. The van der Waals surface area contributed by atoms with E-state index in [-0.39, 0.29) is 4.90 Å². The summed E-state index contributed by atoms with van der Waals surface area (Å²) in [5, 5.41) is 0. The minimum absolute atomic E-state index is 0.281. The molecule has 132 valence electrons. The molecule has 3 rings (SSSR count). The smallest absolute Gasteiger partial charge is 0.283 e. The van der Waals surface area contributed by atoms with E-state index in [0.29, 0.717) is 6.54 Å². The van der Waals surface area contributed by atoms with Crippen molar-refractivity contribution in [1.29, 1.82) is 0 Å². The SMILES string of the molecule is Cc1ccc(S(=O)(=O)N=C(CN2CCCCC2)N2CCCC2)cc1. The maximum atomic E-state index is 12.7. The molecule has 2 aliphatic rings. The van der Waals surface area contributed by atoms with E-state index in [0.717, 1.165) is 50.4 Å². The summed E-state index contributed by atoms with van der Waals surface area (Å²) in [5.74, 6) is 0.718. The van der Waals surface area contributed by atoms with Gasteiger partial charge in [0.2, 0.25) is 0 Å².